The van der Waals surface area contributed by atoms with Crippen molar-refractivity contribution in [2.75, 3.05) is 0 Å². The number of hydrogen-bond donors (Lipinski definition) is 2. The smallest absolute Gasteiger partial charge is 0.312 e. The molecule has 0 bridgehead atoms. The van der Waals surface area contributed by atoms with Crippen molar-refractivity contribution >= 4 is 6.03 Å². The molecule has 1 aliphatic carbocycles. The number of nitrogens with one attached hydrogen (secondary N) is 1. The molecule has 1 fully saturated rings. The third-order valence-corrected chi connectivity index (χ3v) is 2.82. The summed E-state index contributed by atoms with van der Waals surface area (Å²) in [4.78, 5) is 10.7. The van der Waals surface area contributed by atoms with Crippen LogP contribution in [-0.2, 0) is 0 Å². The zero-order valence-electron chi connectivity index (χ0n) is 7.89. The highest BCUT2D eigenvalue weighted by Gasteiger charge is 2.32. The van der Waals surface area contributed by atoms with Crippen LogP contribution in [0.1, 0.15) is 39.5 Å². The SMILES string of the molecule is CC(C)(NC(N)=O)C1CCCC1. The highest BCUT2D eigenvalue weighted by atomic mass is 16.2. The highest BCUT2D eigenvalue weighted by Crippen LogP contribution is 2.33. The molecule has 1 aliphatic rings. The van der Waals surface area contributed by atoms with Gasteiger partial charge in [0, 0.05) is 5.54 Å². The van der Waals surface area contributed by atoms with E-state index >= 15 is 0 Å². The molecule has 0 unspecified atom stereocenters. The Balaban J connectivity index is 2.50. The maximum Gasteiger partial charge on any atom is 0.312 e. The van der Waals surface area contributed by atoms with E-state index in [-0.39, 0.29) is 5.54 Å². The second-order valence-electron chi connectivity index (χ2n) is 4.19. The average molecular weight is 170 g/mol. The molecular formula is C9H18N2O. The van der Waals surface area contributed by atoms with Crippen LogP contribution in [0.25, 0.3) is 0 Å². The molecule has 0 spiro atoms. The summed E-state index contributed by atoms with van der Waals surface area (Å²) in [5.74, 6) is 0.602. The summed E-state index contributed by atoms with van der Waals surface area (Å²) in [5.41, 5.74) is 4.97. The van der Waals surface area contributed by atoms with E-state index in [1.54, 1.807) is 0 Å². The molecule has 1 rings (SSSR count). The van der Waals surface area contributed by atoms with Gasteiger partial charge in [0.25, 0.3) is 0 Å². The fourth-order valence-electron chi connectivity index (χ4n) is 2.07. The van der Waals surface area contributed by atoms with Gasteiger partial charge in [0.15, 0.2) is 0 Å². The molecule has 0 aliphatic heterocycles. The van der Waals surface area contributed by atoms with Crippen LogP contribution >= 0.6 is 0 Å². The molecule has 0 radical (unpaired) electrons. The Morgan fingerprint density at radius 1 is 1.42 bits per heavy atom. The Bertz CT molecular complexity index is 171. The summed E-state index contributed by atoms with van der Waals surface area (Å²) in [6.07, 6.45) is 5.00. The molecular weight excluding hydrogens is 152 g/mol. The van der Waals surface area contributed by atoms with E-state index in [4.69, 9.17) is 5.73 Å². The first kappa shape index (κ1) is 9.36. The Kier molecular flexibility index (Phi) is 2.60. The number of amides is 2. The van der Waals surface area contributed by atoms with Gasteiger partial charge in [-0.3, -0.25) is 0 Å². The molecule has 3 nitrogen and oxygen atoms in total. The van der Waals surface area contributed by atoms with E-state index in [1.165, 1.54) is 25.7 Å². The van der Waals surface area contributed by atoms with Crippen LogP contribution in [-0.4, -0.2) is 11.6 Å². The molecule has 3 N–H and O–H groups in total. The van der Waals surface area contributed by atoms with Crippen molar-refractivity contribution in [1.82, 2.24) is 5.32 Å². The second-order valence-corrected chi connectivity index (χ2v) is 4.19. The maximum absolute atomic E-state index is 10.7. The minimum atomic E-state index is -0.410. The lowest BCUT2D eigenvalue weighted by Gasteiger charge is -2.31. The van der Waals surface area contributed by atoms with E-state index in [2.05, 4.69) is 5.32 Å². The third-order valence-electron chi connectivity index (χ3n) is 2.82. The first-order valence-corrected chi connectivity index (χ1v) is 4.60. The van der Waals surface area contributed by atoms with Crippen LogP contribution in [0.5, 0.6) is 0 Å². The van der Waals surface area contributed by atoms with Crippen molar-refractivity contribution in [3.63, 3.8) is 0 Å². The number of nitrogens with two attached hydrogens (primary N) is 1. The van der Waals surface area contributed by atoms with Crippen LogP contribution < -0.4 is 11.1 Å². The number of carbonyl (C=O) groups is 1. The van der Waals surface area contributed by atoms with Gasteiger partial charge in [0.2, 0.25) is 0 Å². The summed E-state index contributed by atoms with van der Waals surface area (Å²) in [6.45, 7) is 4.10. The quantitative estimate of drug-likeness (QED) is 0.650. The molecule has 12 heavy (non-hydrogen) atoms. The van der Waals surface area contributed by atoms with Crippen LogP contribution in [0.3, 0.4) is 0 Å². The highest BCUT2D eigenvalue weighted by molar-refractivity contribution is 5.72. The maximum atomic E-state index is 10.7. The normalized spacial score (nSPS) is 19.5. The predicted octanol–water partition coefficient (Wildman–Crippen LogP) is 1.62. The van der Waals surface area contributed by atoms with Gasteiger partial charge >= 0.3 is 6.03 Å². The molecule has 0 heterocycles. The number of hydrogen-bond acceptors (Lipinski definition) is 1. The van der Waals surface area contributed by atoms with Crippen molar-refractivity contribution in [1.29, 1.82) is 0 Å². The first-order chi connectivity index (χ1) is 5.52. The summed E-state index contributed by atoms with van der Waals surface area (Å²) in [6, 6.07) is -0.410. The monoisotopic (exact) mass is 170 g/mol. The lowest BCUT2D eigenvalue weighted by atomic mass is 9.86. The van der Waals surface area contributed by atoms with E-state index in [0.717, 1.165) is 0 Å². The number of carbonyl (C=O) groups excluding carboxylic acids is 1. The van der Waals surface area contributed by atoms with E-state index < -0.39 is 6.03 Å². The van der Waals surface area contributed by atoms with E-state index in [1.807, 2.05) is 13.8 Å². The van der Waals surface area contributed by atoms with Crippen LogP contribution in [0.15, 0.2) is 0 Å². The Labute approximate surface area is 73.7 Å². The van der Waals surface area contributed by atoms with Crippen molar-refractivity contribution in [2.24, 2.45) is 11.7 Å². The van der Waals surface area contributed by atoms with Crippen LogP contribution in [0.2, 0.25) is 0 Å². The van der Waals surface area contributed by atoms with Crippen molar-refractivity contribution in [3.05, 3.63) is 0 Å². The van der Waals surface area contributed by atoms with Gasteiger partial charge in [0.1, 0.15) is 0 Å². The minimum absolute atomic E-state index is 0.123. The zero-order valence-corrected chi connectivity index (χ0v) is 7.89. The van der Waals surface area contributed by atoms with Gasteiger partial charge in [-0.15, -0.1) is 0 Å². The molecule has 0 atom stereocenters. The van der Waals surface area contributed by atoms with Gasteiger partial charge in [-0.05, 0) is 32.6 Å². The number of urea groups is 1. The Morgan fingerprint density at radius 3 is 2.33 bits per heavy atom. The Morgan fingerprint density at radius 2 is 1.92 bits per heavy atom. The molecule has 0 saturated heterocycles. The molecule has 0 aromatic carbocycles. The standard InChI is InChI=1S/C9H18N2O/c1-9(2,11-8(10)12)7-5-3-4-6-7/h7H,3-6H2,1-2H3,(H3,10,11,12). The summed E-state index contributed by atoms with van der Waals surface area (Å²) >= 11 is 0. The van der Waals surface area contributed by atoms with Crippen molar-refractivity contribution < 1.29 is 4.79 Å². The van der Waals surface area contributed by atoms with Crippen molar-refractivity contribution in [3.8, 4) is 0 Å². The largest absolute Gasteiger partial charge is 0.352 e. The molecule has 0 aromatic rings. The first-order valence-electron chi connectivity index (χ1n) is 4.60. The number of rotatable bonds is 2. The lowest BCUT2D eigenvalue weighted by molar-refractivity contribution is 0.218. The van der Waals surface area contributed by atoms with Gasteiger partial charge in [-0.1, -0.05) is 12.8 Å². The molecule has 3 heteroatoms. The predicted molar refractivity (Wildman–Crippen MR) is 48.8 cm³/mol. The lowest BCUT2D eigenvalue weighted by Crippen LogP contribution is -2.50. The number of primary amides is 1. The second kappa shape index (κ2) is 3.33. The molecule has 70 valence electrons. The third kappa shape index (κ3) is 2.13. The molecule has 0 aromatic heterocycles. The van der Waals surface area contributed by atoms with E-state index in [0.29, 0.717) is 5.92 Å². The van der Waals surface area contributed by atoms with Gasteiger partial charge in [-0.25, -0.2) is 4.79 Å². The van der Waals surface area contributed by atoms with Gasteiger partial charge < -0.3 is 11.1 Å². The minimum Gasteiger partial charge on any atom is -0.352 e. The zero-order chi connectivity index (χ0) is 9.19. The summed E-state index contributed by atoms with van der Waals surface area (Å²) in [7, 11) is 0. The van der Waals surface area contributed by atoms with Gasteiger partial charge in [-0.2, -0.15) is 0 Å². The summed E-state index contributed by atoms with van der Waals surface area (Å²) < 4.78 is 0. The topological polar surface area (TPSA) is 55.1 Å². The van der Waals surface area contributed by atoms with E-state index in [9.17, 15) is 4.79 Å². The average Bonchev–Trinajstić information content (AvgIpc) is 2.32. The summed E-state index contributed by atoms with van der Waals surface area (Å²) in [5, 5.41) is 2.80. The Hall–Kier alpha value is -0.730. The van der Waals surface area contributed by atoms with Crippen molar-refractivity contribution in [2.45, 2.75) is 45.1 Å². The molecule has 2 amide bonds. The van der Waals surface area contributed by atoms with Gasteiger partial charge in [0.05, 0.1) is 0 Å². The molecule has 1 saturated carbocycles. The van der Waals surface area contributed by atoms with Crippen LogP contribution in [0.4, 0.5) is 4.79 Å². The van der Waals surface area contributed by atoms with Crippen LogP contribution in [0, 0.1) is 5.92 Å². The fraction of sp³-hybridized carbons (Fsp3) is 0.889. The fourth-order valence-corrected chi connectivity index (χ4v) is 2.07.